The Bertz CT molecular complexity index is 964. The van der Waals surface area contributed by atoms with E-state index in [9.17, 15) is 5.11 Å². The Morgan fingerprint density at radius 1 is 0.750 bits per heavy atom. The van der Waals surface area contributed by atoms with Crippen molar-refractivity contribution in [3.05, 3.63) is 82.2 Å². The van der Waals surface area contributed by atoms with E-state index < -0.39 is 18.5 Å². The van der Waals surface area contributed by atoms with Crippen LogP contribution in [0.3, 0.4) is 0 Å². The van der Waals surface area contributed by atoms with Gasteiger partial charge in [-0.2, -0.15) is 0 Å². The lowest BCUT2D eigenvalue weighted by Gasteiger charge is -2.43. The number of hydrogen-bond acceptors (Lipinski definition) is 9. The summed E-state index contributed by atoms with van der Waals surface area (Å²) in [7, 11) is 0. The third kappa shape index (κ3) is 11.9. The van der Waals surface area contributed by atoms with Gasteiger partial charge in [0.15, 0.2) is 6.29 Å². The Morgan fingerprint density at radius 2 is 1.25 bits per heavy atom. The largest absolute Gasteiger partial charge is 0.379 e. The molecule has 1 aliphatic rings. The van der Waals surface area contributed by atoms with E-state index in [0.29, 0.717) is 66.0 Å². The van der Waals surface area contributed by atoms with Crippen LogP contribution in [0.1, 0.15) is 18.1 Å². The van der Waals surface area contributed by atoms with E-state index in [2.05, 4.69) is 10.0 Å². The van der Waals surface area contributed by atoms with Gasteiger partial charge in [-0.25, -0.2) is 0 Å². The van der Waals surface area contributed by atoms with Gasteiger partial charge in [-0.15, -0.1) is 0 Å². The first-order valence-electron chi connectivity index (χ1n) is 13.7. The molecule has 11 heteroatoms. The summed E-state index contributed by atoms with van der Waals surface area (Å²) < 4.78 is 40.5. The van der Waals surface area contributed by atoms with E-state index in [0.717, 1.165) is 11.1 Å². The highest BCUT2D eigenvalue weighted by molar-refractivity contribution is 5.14. The van der Waals surface area contributed by atoms with Crippen molar-refractivity contribution in [3.8, 4) is 0 Å². The number of aliphatic hydroxyl groups is 1. The van der Waals surface area contributed by atoms with Crippen LogP contribution in [0.25, 0.3) is 10.4 Å². The number of rotatable bonds is 20. The van der Waals surface area contributed by atoms with E-state index >= 15 is 0 Å². The average molecular weight is 560 g/mol. The van der Waals surface area contributed by atoms with Crippen LogP contribution in [0.15, 0.2) is 65.8 Å². The first kappa shape index (κ1) is 32.0. The van der Waals surface area contributed by atoms with E-state index in [-0.39, 0.29) is 18.6 Å². The van der Waals surface area contributed by atoms with E-state index in [4.69, 9.17) is 38.7 Å². The number of ether oxygens (including phenoxy) is 7. The zero-order valence-electron chi connectivity index (χ0n) is 23.1. The zero-order valence-corrected chi connectivity index (χ0v) is 23.1. The van der Waals surface area contributed by atoms with Crippen LogP contribution >= 0.6 is 0 Å². The highest BCUT2D eigenvalue weighted by Gasteiger charge is 2.44. The normalized spacial score (nSPS) is 22.6. The van der Waals surface area contributed by atoms with Crippen LogP contribution in [0.2, 0.25) is 0 Å². The molecule has 11 nitrogen and oxygen atoms in total. The van der Waals surface area contributed by atoms with Gasteiger partial charge in [0.2, 0.25) is 0 Å². The van der Waals surface area contributed by atoms with Crippen molar-refractivity contribution in [1.82, 2.24) is 0 Å². The summed E-state index contributed by atoms with van der Waals surface area (Å²) >= 11 is 0. The topological polar surface area (TPSA) is 134 Å². The summed E-state index contributed by atoms with van der Waals surface area (Å²) in [5, 5.41) is 14.2. The predicted molar refractivity (Wildman–Crippen MR) is 147 cm³/mol. The molecule has 1 aliphatic heterocycles. The van der Waals surface area contributed by atoms with Gasteiger partial charge in [0, 0.05) is 17.4 Å². The van der Waals surface area contributed by atoms with Gasteiger partial charge in [-0.3, -0.25) is 0 Å². The fourth-order valence-electron chi connectivity index (χ4n) is 4.29. The summed E-state index contributed by atoms with van der Waals surface area (Å²) in [6, 6.07) is 19.8. The maximum Gasteiger partial charge on any atom is 0.182 e. The van der Waals surface area contributed by atoms with Crippen molar-refractivity contribution in [2.45, 2.75) is 44.7 Å². The number of azide groups is 1. The first-order valence-corrected chi connectivity index (χ1v) is 13.7. The molecule has 0 aromatic heterocycles. The molecule has 40 heavy (non-hydrogen) atoms. The maximum absolute atomic E-state index is 10.8. The summed E-state index contributed by atoms with van der Waals surface area (Å²) in [6.07, 6.45) is -2.45. The summed E-state index contributed by atoms with van der Waals surface area (Å²) in [5.74, 6) is -0.138. The molecule has 0 aliphatic carbocycles. The van der Waals surface area contributed by atoms with Gasteiger partial charge in [0.25, 0.3) is 0 Å². The van der Waals surface area contributed by atoms with Crippen molar-refractivity contribution < 1.29 is 38.3 Å². The summed E-state index contributed by atoms with van der Waals surface area (Å²) in [6.45, 7) is 6.24. The lowest BCUT2D eigenvalue weighted by molar-refractivity contribution is -0.294. The minimum absolute atomic E-state index is 0.138. The molecule has 0 radical (unpaired) electrons. The van der Waals surface area contributed by atoms with Crippen LogP contribution < -0.4 is 0 Å². The second-order valence-corrected chi connectivity index (χ2v) is 9.31. The van der Waals surface area contributed by atoms with E-state index in [1.54, 1.807) is 0 Å². The predicted octanol–water partition coefficient (Wildman–Crippen LogP) is 3.89. The second-order valence-electron chi connectivity index (χ2n) is 9.31. The fourth-order valence-corrected chi connectivity index (χ4v) is 4.29. The minimum atomic E-state index is -1.10. The van der Waals surface area contributed by atoms with Gasteiger partial charge < -0.3 is 38.3 Å². The Labute approximate surface area is 235 Å². The molecule has 1 heterocycles. The van der Waals surface area contributed by atoms with Gasteiger partial charge in [-0.1, -0.05) is 72.7 Å². The zero-order chi connectivity index (χ0) is 28.3. The van der Waals surface area contributed by atoms with Crippen LogP contribution in [-0.4, -0.2) is 89.1 Å². The van der Waals surface area contributed by atoms with Crippen molar-refractivity contribution in [3.63, 3.8) is 0 Å². The van der Waals surface area contributed by atoms with Gasteiger partial charge >= 0.3 is 0 Å². The molecule has 1 saturated heterocycles. The molecule has 3 unspecified atom stereocenters. The Balaban J connectivity index is 1.38. The molecule has 2 aromatic carbocycles. The molecular formula is C29H41N3O8. The van der Waals surface area contributed by atoms with Crippen molar-refractivity contribution in [2.24, 2.45) is 11.0 Å². The summed E-state index contributed by atoms with van der Waals surface area (Å²) in [4.78, 5) is 2.66. The SMILES string of the molecule is C[C@@H]1C(OCc2ccccc2)C(O)OC(COCCOCCOCCOCCN=[N+]=[N-])[C@@H]1OCc1ccccc1. The molecule has 3 rings (SSSR count). The highest BCUT2D eigenvalue weighted by atomic mass is 16.7. The Hall–Kier alpha value is -2.57. The Kier molecular flexibility index (Phi) is 15.6. The van der Waals surface area contributed by atoms with Gasteiger partial charge in [0.05, 0.1) is 72.2 Å². The number of nitrogens with zero attached hydrogens (tertiary/aromatic N) is 3. The smallest absolute Gasteiger partial charge is 0.182 e. The van der Waals surface area contributed by atoms with Crippen LogP contribution in [0, 0.1) is 5.92 Å². The molecule has 5 atom stereocenters. The van der Waals surface area contributed by atoms with Crippen LogP contribution in [-0.2, 0) is 46.4 Å². The van der Waals surface area contributed by atoms with E-state index in [1.807, 2.05) is 67.6 Å². The van der Waals surface area contributed by atoms with Crippen molar-refractivity contribution in [1.29, 1.82) is 0 Å². The molecule has 1 fully saturated rings. The van der Waals surface area contributed by atoms with Gasteiger partial charge in [0.1, 0.15) is 12.2 Å². The van der Waals surface area contributed by atoms with Gasteiger partial charge in [-0.05, 0) is 16.7 Å². The molecule has 0 saturated carbocycles. The van der Waals surface area contributed by atoms with E-state index in [1.165, 1.54) is 0 Å². The fraction of sp³-hybridized carbons (Fsp3) is 0.586. The molecule has 220 valence electrons. The standard InChI is InChI=1S/C29H41N3O8/c1-23-27(38-20-24-8-4-2-5-9-24)26(40-29(33)28(23)39-21-25-10-6-3-7-11-25)22-37-19-18-36-17-16-35-15-14-34-13-12-31-32-30/h2-11,23,26-29,33H,12-22H2,1H3/t23-,26?,27+,28?,29?/m0/s1. The number of hydrogen-bond donors (Lipinski definition) is 1. The molecular weight excluding hydrogens is 518 g/mol. The van der Waals surface area contributed by atoms with Crippen molar-refractivity contribution in [2.75, 3.05) is 59.4 Å². The summed E-state index contributed by atoms with van der Waals surface area (Å²) in [5.41, 5.74) is 10.3. The molecule has 0 bridgehead atoms. The molecule has 0 spiro atoms. The monoisotopic (exact) mass is 559 g/mol. The van der Waals surface area contributed by atoms with Crippen molar-refractivity contribution >= 4 is 0 Å². The third-order valence-corrected chi connectivity index (χ3v) is 6.37. The quantitative estimate of drug-likeness (QED) is 0.112. The lowest BCUT2D eigenvalue weighted by Crippen LogP contribution is -2.56. The third-order valence-electron chi connectivity index (χ3n) is 6.37. The molecule has 2 aromatic rings. The molecule has 1 N–H and O–H groups in total. The highest BCUT2D eigenvalue weighted by Crippen LogP contribution is 2.31. The lowest BCUT2D eigenvalue weighted by atomic mass is 9.90. The number of benzene rings is 2. The number of aliphatic hydroxyl groups excluding tert-OH is 1. The van der Waals surface area contributed by atoms with Crippen LogP contribution in [0.5, 0.6) is 0 Å². The average Bonchev–Trinajstić information content (AvgIpc) is 2.98. The molecule has 0 amide bonds. The Morgan fingerprint density at radius 3 is 1.80 bits per heavy atom. The minimum Gasteiger partial charge on any atom is -0.379 e. The second kappa shape index (κ2) is 19.5. The maximum atomic E-state index is 10.8. The van der Waals surface area contributed by atoms with Crippen LogP contribution in [0.4, 0.5) is 0 Å². The first-order chi connectivity index (χ1) is 19.7.